The Hall–Kier alpha value is -3.17. The third-order valence-electron chi connectivity index (χ3n) is 4.71. The van der Waals surface area contributed by atoms with Crippen LogP contribution in [0.2, 0.25) is 0 Å². The third-order valence-corrected chi connectivity index (χ3v) is 5.60. The number of hydrogen-bond donors (Lipinski definition) is 0. The van der Waals surface area contributed by atoms with Crippen LogP contribution in [0, 0.1) is 0 Å². The summed E-state index contributed by atoms with van der Waals surface area (Å²) >= 11 is 1.44. The molecule has 0 unspecified atom stereocenters. The van der Waals surface area contributed by atoms with Gasteiger partial charge < -0.3 is 18.8 Å². The lowest BCUT2D eigenvalue weighted by Gasteiger charge is -2.12. The maximum atomic E-state index is 5.45. The van der Waals surface area contributed by atoms with Crippen LogP contribution in [-0.2, 0) is 11.3 Å². The summed E-state index contributed by atoms with van der Waals surface area (Å²) in [5, 5.41) is 10.4. The summed E-state index contributed by atoms with van der Waals surface area (Å²) in [7, 11) is 4.93. The van der Waals surface area contributed by atoms with E-state index in [1.807, 2.05) is 42.5 Å². The van der Waals surface area contributed by atoms with Gasteiger partial charge >= 0.3 is 0 Å². The molecule has 0 fully saturated rings. The summed E-state index contributed by atoms with van der Waals surface area (Å²) in [6.45, 7) is 1.34. The Kier molecular flexibility index (Phi) is 6.63. The Morgan fingerprint density at radius 3 is 2.52 bits per heavy atom. The van der Waals surface area contributed by atoms with Crippen molar-refractivity contribution in [2.24, 2.45) is 0 Å². The quantitative estimate of drug-likeness (QED) is 0.362. The van der Waals surface area contributed by atoms with Crippen molar-refractivity contribution < 1.29 is 14.2 Å². The molecule has 160 valence electrons. The first-order valence-electron chi connectivity index (χ1n) is 9.77. The van der Waals surface area contributed by atoms with E-state index in [1.54, 1.807) is 27.5 Å². The first kappa shape index (κ1) is 21.1. The SMILES string of the molecule is COCCCn1c(Sc2cnc3ccccc3n2)nnc1-c1ccc(OC)c(OC)c1. The molecule has 0 saturated heterocycles. The maximum Gasteiger partial charge on any atom is 0.197 e. The van der Waals surface area contributed by atoms with Gasteiger partial charge in [0.05, 0.1) is 31.4 Å². The van der Waals surface area contributed by atoms with E-state index in [0.29, 0.717) is 24.7 Å². The van der Waals surface area contributed by atoms with Crippen molar-refractivity contribution >= 4 is 22.8 Å². The first-order chi connectivity index (χ1) is 15.2. The van der Waals surface area contributed by atoms with Crippen molar-refractivity contribution in [1.29, 1.82) is 0 Å². The summed E-state index contributed by atoms with van der Waals surface area (Å²) in [6, 6.07) is 13.5. The van der Waals surface area contributed by atoms with Gasteiger partial charge in [-0.3, -0.25) is 4.98 Å². The van der Waals surface area contributed by atoms with Gasteiger partial charge in [0, 0.05) is 25.8 Å². The number of para-hydroxylation sites is 2. The predicted octanol–water partition coefficient (Wildman–Crippen LogP) is 4.09. The van der Waals surface area contributed by atoms with E-state index in [0.717, 1.165) is 39.0 Å². The van der Waals surface area contributed by atoms with Crippen molar-refractivity contribution in [3.8, 4) is 22.9 Å². The highest BCUT2D eigenvalue weighted by atomic mass is 32.2. The highest BCUT2D eigenvalue weighted by Gasteiger charge is 2.17. The number of methoxy groups -OCH3 is 3. The second-order valence-corrected chi connectivity index (χ2v) is 7.66. The van der Waals surface area contributed by atoms with Crippen LogP contribution < -0.4 is 9.47 Å². The topological polar surface area (TPSA) is 84.2 Å². The average molecular weight is 438 g/mol. The largest absolute Gasteiger partial charge is 0.493 e. The molecule has 0 aliphatic carbocycles. The minimum absolute atomic E-state index is 0.640. The zero-order valence-corrected chi connectivity index (χ0v) is 18.4. The minimum atomic E-state index is 0.640. The molecule has 0 radical (unpaired) electrons. The van der Waals surface area contributed by atoms with Gasteiger partial charge in [0.2, 0.25) is 0 Å². The summed E-state index contributed by atoms with van der Waals surface area (Å²) in [5.74, 6) is 2.05. The van der Waals surface area contributed by atoms with Crippen LogP contribution in [0.3, 0.4) is 0 Å². The molecule has 8 nitrogen and oxygen atoms in total. The highest BCUT2D eigenvalue weighted by Crippen LogP contribution is 2.34. The zero-order valence-electron chi connectivity index (χ0n) is 17.6. The molecular formula is C22H23N5O3S. The Morgan fingerprint density at radius 2 is 1.74 bits per heavy atom. The van der Waals surface area contributed by atoms with E-state index in [9.17, 15) is 0 Å². The Bertz CT molecular complexity index is 1180. The lowest BCUT2D eigenvalue weighted by atomic mass is 10.2. The molecule has 0 atom stereocenters. The molecule has 0 bridgehead atoms. The fourth-order valence-corrected chi connectivity index (χ4v) is 4.01. The zero-order chi connectivity index (χ0) is 21.6. The average Bonchev–Trinajstić information content (AvgIpc) is 3.21. The Labute approximate surface area is 184 Å². The number of hydrogen-bond acceptors (Lipinski definition) is 8. The molecule has 31 heavy (non-hydrogen) atoms. The monoisotopic (exact) mass is 437 g/mol. The molecule has 2 aromatic heterocycles. The number of fused-ring (bicyclic) bond motifs is 1. The number of nitrogens with zero attached hydrogens (tertiary/aromatic N) is 5. The van der Waals surface area contributed by atoms with Gasteiger partial charge in [0.25, 0.3) is 0 Å². The number of ether oxygens (including phenoxy) is 3. The summed E-state index contributed by atoms with van der Waals surface area (Å²) in [6.07, 6.45) is 2.59. The molecule has 2 heterocycles. The van der Waals surface area contributed by atoms with E-state index >= 15 is 0 Å². The second-order valence-electron chi connectivity index (χ2n) is 6.67. The van der Waals surface area contributed by atoms with E-state index in [4.69, 9.17) is 19.2 Å². The number of aromatic nitrogens is 5. The Morgan fingerprint density at radius 1 is 0.935 bits per heavy atom. The second kappa shape index (κ2) is 9.76. The van der Waals surface area contributed by atoms with Crippen LogP contribution in [0.1, 0.15) is 6.42 Å². The van der Waals surface area contributed by atoms with E-state index < -0.39 is 0 Å². The molecule has 4 rings (SSSR count). The molecule has 0 spiro atoms. The normalized spacial score (nSPS) is 11.1. The van der Waals surface area contributed by atoms with E-state index in [-0.39, 0.29) is 0 Å². The van der Waals surface area contributed by atoms with Gasteiger partial charge in [-0.05, 0) is 48.5 Å². The minimum Gasteiger partial charge on any atom is -0.493 e. The highest BCUT2D eigenvalue weighted by molar-refractivity contribution is 7.99. The molecule has 4 aromatic rings. The van der Waals surface area contributed by atoms with Gasteiger partial charge in [0.15, 0.2) is 22.5 Å². The van der Waals surface area contributed by atoms with Crippen LogP contribution in [0.5, 0.6) is 11.5 Å². The van der Waals surface area contributed by atoms with Crippen molar-refractivity contribution in [3.05, 3.63) is 48.7 Å². The van der Waals surface area contributed by atoms with Crippen LogP contribution in [-0.4, -0.2) is 52.7 Å². The maximum absolute atomic E-state index is 5.45. The fourth-order valence-electron chi connectivity index (χ4n) is 3.20. The summed E-state index contributed by atoms with van der Waals surface area (Å²) in [4.78, 5) is 9.20. The molecule has 0 aliphatic heterocycles. The fraction of sp³-hybridized carbons (Fsp3) is 0.273. The molecule has 0 aliphatic rings. The lowest BCUT2D eigenvalue weighted by molar-refractivity contribution is 0.189. The third kappa shape index (κ3) is 4.62. The number of benzene rings is 2. The van der Waals surface area contributed by atoms with E-state index in [1.165, 1.54) is 11.8 Å². The summed E-state index contributed by atoms with van der Waals surface area (Å²) in [5.41, 5.74) is 2.59. The van der Waals surface area contributed by atoms with Crippen LogP contribution in [0.15, 0.2) is 58.8 Å². The van der Waals surface area contributed by atoms with E-state index in [2.05, 4.69) is 19.7 Å². The summed E-state index contributed by atoms with van der Waals surface area (Å²) < 4.78 is 18.1. The lowest BCUT2D eigenvalue weighted by Crippen LogP contribution is -2.05. The number of rotatable bonds is 9. The van der Waals surface area contributed by atoms with Crippen LogP contribution in [0.25, 0.3) is 22.4 Å². The first-order valence-corrected chi connectivity index (χ1v) is 10.6. The van der Waals surface area contributed by atoms with Crippen molar-refractivity contribution in [1.82, 2.24) is 24.7 Å². The predicted molar refractivity (Wildman–Crippen MR) is 119 cm³/mol. The van der Waals surface area contributed by atoms with Crippen molar-refractivity contribution in [2.75, 3.05) is 27.9 Å². The molecule has 0 saturated carbocycles. The molecule has 0 N–H and O–H groups in total. The Balaban J connectivity index is 1.70. The van der Waals surface area contributed by atoms with Gasteiger partial charge in [-0.2, -0.15) is 0 Å². The van der Waals surface area contributed by atoms with Crippen molar-refractivity contribution in [3.63, 3.8) is 0 Å². The van der Waals surface area contributed by atoms with Gasteiger partial charge in [0.1, 0.15) is 5.03 Å². The van der Waals surface area contributed by atoms with Gasteiger partial charge in [-0.25, -0.2) is 4.98 Å². The molecule has 0 amide bonds. The smallest absolute Gasteiger partial charge is 0.197 e. The van der Waals surface area contributed by atoms with Crippen LogP contribution >= 0.6 is 11.8 Å². The van der Waals surface area contributed by atoms with Gasteiger partial charge in [-0.15, -0.1) is 10.2 Å². The molecule has 9 heteroatoms. The van der Waals surface area contributed by atoms with Gasteiger partial charge in [-0.1, -0.05) is 12.1 Å². The molecular weight excluding hydrogens is 414 g/mol. The van der Waals surface area contributed by atoms with Crippen molar-refractivity contribution in [2.45, 2.75) is 23.1 Å². The van der Waals surface area contributed by atoms with Crippen LogP contribution in [0.4, 0.5) is 0 Å². The molecule has 2 aromatic carbocycles. The standard InChI is InChI=1S/C22H23N5O3S/c1-28-12-6-11-27-21(15-9-10-18(29-2)19(13-15)30-3)25-26-22(27)31-20-14-23-16-7-4-5-8-17(16)24-20/h4-5,7-10,13-14H,6,11-12H2,1-3H3.